The summed E-state index contributed by atoms with van der Waals surface area (Å²) in [5.41, 5.74) is 1.34. The Labute approximate surface area is 110 Å². The predicted molar refractivity (Wildman–Crippen MR) is 74.5 cm³/mol. The number of aromatic nitrogens is 2. The second-order valence-corrected chi connectivity index (χ2v) is 5.14. The molecule has 0 aliphatic carbocycles. The molecule has 100 valence electrons. The summed E-state index contributed by atoms with van der Waals surface area (Å²) >= 11 is 0. The summed E-state index contributed by atoms with van der Waals surface area (Å²) in [5.74, 6) is 0. The first kappa shape index (κ1) is 12.2. The molecule has 5 nitrogen and oxygen atoms in total. The molecule has 1 aliphatic heterocycles. The fraction of sp³-hybridized carbons (Fsp3) is 0.429. The highest BCUT2D eigenvalue weighted by Gasteiger charge is 2.13. The van der Waals surface area contributed by atoms with Gasteiger partial charge in [0.25, 0.3) is 0 Å². The second-order valence-electron chi connectivity index (χ2n) is 5.14. The number of hydrogen-bond donors (Lipinski definition) is 3. The van der Waals surface area contributed by atoms with Crippen LogP contribution in [-0.2, 0) is 6.42 Å². The van der Waals surface area contributed by atoms with Crippen LogP contribution >= 0.6 is 0 Å². The zero-order valence-corrected chi connectivity index (χ0v) is 10.7. The van der Waals surface area contributed by atoms with E-state index in [1.54, 1.807) is 0 Å². The van der Waals surface area contributed by atoms with Crippen molar-refractivity contribution in [2.45, 2.75) is 31.7 Å². The van der Waals surface area contributed by atoms with E-state index in [4.69, 9.17) is 0 Å². The van der Waals surface area contributed by atoms with E-state index in [0.29, 0.717) is 17.1 Å². The lowest BCUT2D eigenvalue weighted by molar-refractivity contribution is 0.399. The van der Waals surface area contributed by atoms with Crippen molar-refractivity contribution < 1.29 is 0 Å². The summed E-state index contributed by atoms with van der Waals surface area (Å²) in [5, 5.41) is 3.51. The van der Waals surface area contributed by atoms with Gasteiger partial charge in [-0.25, -0.2) is 0 Å². The maximum atomic E-state index is 11.3. The number of aromatic amines is 2. The van der Waals surface area contributed by atoms with Gasteiger partial charge in [0, 0.05) is 6.04 Å². The lowest BCUT2D eigenvalue weighted by atomic mass is 9.97. The van der Waals surface area contributed by atoms with Crippen LogP contribution in [-0.4, -0.2) is 22.6 Å². The standard InChI is InChI=1S/C14H17N3O2/c18-13-14(19)17-12-8-9(4-5-11(12)16-13)7-10-3-1-2-6-15-10/h4-5,8,10,15H,1-3,6-7H2,(H,16,18)(H,17,19). The minimum absolute atomic E-state index is 0.515. The van der Waals surface area contributed by atoms with Gasteiger partial charge in [-0.05, 0) is 43.5 Å². The predicted octanol–water partition coefficient (Wildman–Crippen LogP) is 0.901. The average molecular weight is 259 g/mol. The Hall–Kier alpha value is -1.88. The van der Waals surface area contributed by atoms with Crippen LogP contribution in [0.15, 0.2) is 27.8 Å². The first-order valence-electron chi connectivity index (χ1n) is 6.71. The van der Waals surface area contributed by atoms with Crippen LogP contribution in [0.4, 0.5) is 0 Å². The molecule has 0 spiro atoms. The molecular weight excluding hydrogens is 242 g/mol. The summed E-state index contributed by atoms with van der Waals surface area (Å²) in [6.07, 6.45) is 4.68. The Morgan fingerprint density at radius 3 is 2.58 bits per heavy atom. The molecular formula is C14H17N3O2. The molecule has 1 aliphatic rings. The zero-order chi connectivity index (χ0) is 13.2. The van der Waals surface area contributed by atoms with Crippen molar-refractivity contribution in [2.24, 2.45) is 0 Å². The van der Waals surface area contributed by atoms with Gasteiger partial charge in [-0.3, -0.25) is 9.59 Å². The van der Waals surface area contributed by atoms with E-state index in [1.165, 1.54) is 24.8 Å². The van der Waals surface area contributed by atoms with E-state index in [0.717, 1.165) is 13.0 Å². The van der Waals surface area contributed by atoms with Gasteiger partial charge in [0.2, 0.25) is 0 Å². The van der Waals surface area contributed by atoms with E-state index >= 15 is 0 Å². The van der Waals surface area contributed by atoms with Gasteiger partial charge < -0.3 is 15.3 Å². The van der Waals surface area contributed by atoms with Crippen molar-refractivity contribution in [2.75, 3.05) is 6.54 Å². The number of hydrogen-bond acceptors (Lipinski definition) is 3. The molecule has 0 saturated carbocycles. The maximum absolute atomic E-state index is 11.3. The number of piperidine rings is 1. The van der Waals surface area contributed by atoms with Crippen LogP contribution < -0.4 is 16.4 Å². The van der Waals surface area contributed by atoms with Crippen LogP contribution in [0.25, 0.3) is 11.0 Å². The lowest BCUT2D eigenvalue weighted by Crippen LogP contribution is -2.35. The van der Waals surface area contributed by atoms with Gasteiger partial charge in [-0.1, -0.05) is 12.5 Å². The quantitative estimate of drug-likeness (QED) is 0.701. The number of H-pyrrole nitrogens is 2. The third-order valence-electron chi connectivity index (χ3n) is 3.68. The third kappa shape index (κ3) is 2.61. The summed E-state index contributed by atoms with van der Waals surface area (Å²) in [4.78, 5) is 27.7. The van der Waals surface area contributed by atoms with Crippen LogP contribution in [0, 0.1) is 0 Å². The molecule has 0 radical (unpaired) electrons. The highest BCUT2D eigenvalue weighted by atomic mass is 16.2. The molecule has 2 heterocycles. The molecule has 1 aromatic carbocycles. The highest BCUT2D eigenvalue weighted by Crippen LogP contribution is 2.15. The summed E-state index contributed by atoms with van der Waals surface area (Å²) in [7, 11) is 0. The monoisotopic (exact) mass is 259 g/mol. The van der Waals surface area contributed by atoms with Gasteiger partial charge in [-0.2, -0.15) is 0 Å². The van der Waals surface area contributed by atoms with Crippen LogP contribution in [0.2, 0.25) is 0 Å². The van der Waals surface area contributed by atoms with Crippen molar-refractivity contribution in [3.63, 3.8) is 0 Å². The summed E-state index contributed by atoms with van der Waals surface area (Å²) < 4.78 is 0. The van der Waals surface area contributed by atoms with Gasteiger partial charge >= 0.3 is 11.1 Å². The third-order valence-corrected chi connectivity index (χ3v) is 3.68. The smallest absolute Gasteiger partial charge is 0.314 e. The fourth-order valence-electron chi connectivity index (χ4n) is 2.67. The van der Waals surface area contributed by atoms with Gasteiger partial charge in [0.1, 0.15) is 0 Å². The molecule has 3 rings (SSSR count). The normalized spacial score (nSPS) is 19.7. The Morgan fingerprint density at radius 1 is 1.05 bits per heavy atom. The van der Waals surface area contributed by atoms with Crippen LogP contribution in [0.1, 0.15) is 24.8 Å². The molecule has 3 N–H and O–H groups in total. The molecule has 0 amide bonds. The molecule has 1 fully saturated rings. The second kappa shape index (κ2) is 5.01. The first-order valence-corrected chi connectivity index (χ1v) is 6.71. The SMILES string of the molecule is O=c1[nH]c2ccc(CC3CCCCN3)cc2[nH]c1=O. The fourth-order valence-corrected chi connectivity index (χ4v) is 2.67. The van der Waals surface area contributed by atoms with E-state index in [-0.39, 0.29) is 0 Å². The van der Waals surface area contributed by atoms with E-state index in [2.05, 4.69) is 15.3 Å². The minimum atomic E-state index is -0.603. The molecule has 1 saturated heterocycles. The zero-order valence-electron chi connectivity index (χ0n) is 10.7. The Kier molecular flexibility index (Phi) is 3.21. The molecule has 1 aromatic heterocycles. The van der Waals surface area contributed by atoms with E-state index < -0.39 is 11.1 Å². The van der Waals surface area contributed by atoms with Crippen molar-refractivity contribution in [1.29, 1.82) is 0 Å². The lowest BCUT2D eigenvalue weighted by Gasteiger charge is -2.23. The minimum Gasteiger partial charge on any atom is -0.316 e. The Bertz CT molecular complexity index is 696. The topological polar surface area (TPSA) is 77.8 Å². The Morgan fingerprint density at radius 2 is 1.84 bits per heavy atom. The van der Waals surface area contributed by atoms with Crippen molar-refractivity contribution >= 4 is 11.0 Å². The van der Waals surface area contributed by atoms with Crippen molar-refractivity contribution in [3.05, 3.63) is 44.5 Å². The summed E-state index contributed by atoms with van der Waals surface area (Å²) in [6, 6.07) is 6.32. The van der Waals surface area contributed by atoms with Crippen LogP contribution in [0.3, 0.4) is 0 Å². The molecule has 2 aromatic rings. The maximum Gasteiger partial charge on any atom is 0.314 e. The number of fused-ring (bicyclic) bond motifs is 1. The first-order chi connectivity index (χ1) is 9.22. The highest BCUT2D eigenvalue weighted by molar-refractivity contribution is 5.74. The van der Waals surface area contributed by atoms with Crippen LogP contribution in [0.5, 0.6) is 0 Å². The number of benzene rings is 1. The number of nitrogens with one attached hydrogen (secondary N) is 3. The van der Waals surface area contributed by atoms with Crippen molar-refractivity contribution in [1.82, 2.24) is 15.3 Å². The van der Waals surface area contributed by atoms with Gasteiger partial charge in [0.05, 0.1) is 11.0 Å². The molecule has 19 heavy (non-hydrogen) atoms. The average Bonchev–Trinajstić information content (AvgIpc) is 2.42. The van der Waals surface area contributed by atoms with E-state index in [1.807, 2.05) is 18.2 Å². The van der Waals surface area contributed by atoms with Gasteiger partial charge in [-0.15, -0.1) is 0 Å². The van der Waals surface area contributed by atoms with Gasteiger partial charge in [0.15, 0.2) is 0 Å². The van der Waals surface area contributed by atoms with Crippen molar-refractivity contribution in [3.8, 4) is 0 Å². The largest absolute Gasteiger partial charge is 0.316 e. The molecule has 1 unspecified atom stereocenters. The molecule has 1 atom stereocenters. The number of rotatable bonds is 2. The van der Waals surface area contributed by atoms with E-state index in [9.17, 15) is 9.59 Å². The molecule has 0 bridgehead atoms. The summed E-state index contributed by atoms with van der Waals surface area (Å²) in [6.45, 7) is 1.09. The molecule has 5 heteroatoms. The Balaban J connectivity index is 1.90.